The van der Waals surface area contributed by atoms with Crippen LogP contribution in [-0.4, -0.2) is 11.6 Å². The fourth-order valence-corrected chi connectivity index (χ4v) is 1.89. The lowest BCUT2D eigenvalue weighted by Crippen LogP contribution is -2.06. The average molecular weight is 246 g/mol. The molecular formula is C16H22O2. The van der Waals surface area contributed by atoms with Crippen LogP contribution in [0.3, 0.4) is 0 Å². The maximum Gasteiger partial charge on any atom is 0.137 e. The van der Waals surface area contributed by atoms with E-state index in [0.29, 0.717) is 25.7 Å². The van der Waals surface area contributed by atoms with E-state index in [2.05, 4.69) is 6.92 Å². The monoisotopic (exact) mass is 246 g/mol. The molecule has 2 heteroatoms. The molecule has 0 amide bonds. The molecule has 0 unspecified atom stereocenters. The Kier molecular flexibility index (Phi) is 7.00. The number of hydrogen-bond acceptors (Lipinski definition) is 2. The Hall–Kier alpha value is -1.44. The molecule has 0 aliphatic carbocycles. The molecule has 0 fully saturated rings. The third kappa shape index (κ3) is 6.33. The number of ketones is 2. The molecule has 0 atom stereocenters. The first-order valence-corrected chi connectivity index (χ1v) is 6.79. The van der Waals surface area contributed by atoms with E-state index in [-0.39, 0.29) is 11.6 Å². The van der Waals surface area contributed by atoms with E-state index >= 15 is 0 Å². The quantitative estimate of drug-likeness (QED) is 0.622. The zero-order valence-electron chi connectivity index (χ0n) is 11.2. The second-order valence-corrected chi connectivity index (χ2v) is 4.70. The molecule has 0 radical (unpaired) electrons. The van der Waals surface area contributed by atoms with Gasteiger partial charge in [0.2, 0.25) is 0 Å². The van der Waals surface area contributed by atoms with E-state index in [1.54, 1.807) is 0 Å². The van der Waals surface area contributed by atoms with Crippen LogP contribution in [0.1, 0.15) is 51.0 Å². The van der Waals surface area contributed by atoms with Crippen molar-refractivity contribution < 1.29 is 9.59 Å². The van der Waals surface area contributed by atoms with Crippen LogP contribution >= 0.6 is 0 Å². The molecule has 98 valence electrons. The van der Waals surface area contributed by atoms with Gasteiger partial charge in [-0.2, -0.15) is 0 Å². The summed E-state index contributed by atoms with van der Waals surface area (Å²) in [6, 6.07) is 9.68. The number of carbonyl (C=O) groups excluding carboxylic acids is 2. The topological polar surface area (TPSA) is 34.1 Å². The van der Waals surface area contributed by atoms with Gasteiger partial charge < -0.3 is 0 Å². The van der Waals surface area contributed by atoms with Crippen LogP contribution in [0, 0.1) is 0 Å². The lowest BCUT2D eigenvalue weighted by atomic mass is 10.0. The van der Waals surface area contributed by atoms with Gasteiger partial charge in [0.25, 0.3) is 0 Å². The highest BCUT2D eigenvalue weighted by molar-refractivity contribution is 5.87. The van der Waals surface area contributed by atoms with Gasteiger partial charge in [0, 0.05) is 25.7 Å². The highest BCUT2D eigenvalue weighted by atomic mass is 16.1. The highest BCUT2D eigenvalue weighted by Crippen LogP contribution is 2.07. The summed E-state index contributed by atoms with van der Waals surface area (Å²) in [6.07, 6.45) is 5.07. The largest absolute Gasteiger partial charge is 0.300 e. The number of rotatable bonds is 9. The van der Waals surface area contributed by atoms with E-state index in [4.69, 9.17) is 0 Å². The Morgan fingerprint density at radius 1 is 0.889 bits per heavy atom. The normalized spacial score (nSPS) is 10.3. The van der Waals surface area contributed by atoms with Crippen LogP contribution in [0.2, 0.25) is 0 Å². The predicted molar refractivity (Wildman–Crippen MR) is 73.5 cm³/mol. The van der Waals surface area contributed by atoms with Gasteiger partial charge in [0.05, 0.1) is 0 Å². The zero-order valence-corrected chi connectivity index (χ0v) is 11.2. The van der Waals surface area contributed by atoms with Gasteiger partial charge in [-0.05, 0) is 12.0 Å². The summed E-state index contributed by atoms with van der Waals surface area (Å²) in [4.78, 5) is 23.2. The van der Waals surface area contributed by atoms with E-state index in [1.807, 2.05) is 30.3 Å². The second-order valence-electron chi connectivity index (χ2n) is 4.70. The average Bonchev–Trinajstić information content (AvgIpc) is 2.38. The van der Waals surface area contributed by atoms with E-state index in [9.17, 15) is 9.59 Å². The van der Waals surface area contributed by atoms with Crippen molar-refractivity contribution in [3.05, 3.63) is 35.9 Å². The van der Waals surface area contributed by atoms with Gasteiger partial charge in [0.15, 0.2) is 0 Å². The standard InChI is InChI=1S/C16H22O2/c1-2-3-5-10-15(17)11-12-16(18)13-14-8-6-4-7-9-14/h4,6-9H,2-3,5,10-13H2,1H3. The van der Waals surface area contributed by atoms with E-state index in [0.717, 1.165) is 24.8 Å². The molecule has 0 aliphatic rings. The summed E-state index contributed by atoms with van der Waals surface area (Å²) >= 11 is 0. The molecule has 0 spiro atoms. The first-order chi connectivity index (χ1) is 8.72. The Bertz CT molecular complexity index is 368. The molecule has 18 heavy (non-hydrogen) atoms. The molecule has 0 aliphatic heterocycles. The van der Waals surface area contributed by atoms with Crippen molar-refractivity contribution in [2.24, 2.45) is 0 Å². The first kappa shape index (κ1) is 14.6. The van der Waals surface area contributed by atoms with Gasteiger partial charge >= 0.3 is 0 Å². The highest BCUT2D eigenvalue weighted by Gasteiger charge is 2.07. The first-order valence-electron chi connectivity index (χ1n) is 6.79. The van der Waals surface area contributed by atoms with Crippen molar-refractivity contribution in [2.45, 2.75) is 51.9 Å². The fourth-order valence-electron chi connectivity index (χ4n) is 1.89. The molecule has 0 heterocycles. The Balaban J connectivity index is 2.19. The minimum atomic E-state index is 0.157. The van der Waals surface area contributed by atoms with Gasteiger partial charge in [-0.25, -0.2) is 0 Å². The molecule has 0 aromatic heterocycles. The molecule has 2 nitrogen and oxygen atoms in total. The van der Waals surface area contributed by atoms with Crippen molar-refractivity contribution in [2.75, 3.05) is 0 Å². The number of benzene rings is 1. The van der Waals surface area contributed by atoms with Gasteiger partial charge in [-0.15, -0.1) is 0 Å². The molecule has 1 rings (SSSR count). The van der Waals surface area contributed by atoms with E-state index in [1.165, 1.54) is 0 Å². The maximum absolute atomic E-state index is 11.7. The molecule has 1 aromatic rings. The molecule has 0 bridgehead atoms. The number of hydrogen-bond donors (Lipinski definition) is 0. The van der Waals surface area contributed by atoms with Crippen molar-refractivity contribution in [3.63, 3.8) is 0 Å². The predicted octanol–water partition coefficient (Wildman–Crippen LogP) is 3.73. The number of unbranched alkanes of at least 4 members (excludes halogenated alkanes) is 2. The summed E-state index contributed by atoms with van der Waals surface area (Å²) in [5, 5.41) is 0. The van der Waals surface area contributed by atoms with Crippen LogP contribution in [0.4, 0.5) is 0 Å². The summed E-state index contributed by atoms with van der Waals surface area (Å²) in [5.74, 6) is 0.384. The van der Waals surface area contributed by atoms with Crippen molar-refractivity contribution >= 4 is 11.6 Å². The maximum atomic E-state index is 11.7. The summed E-state index contributed by atoms with van der Waals surface area (Å²) < 4.78 is 0. The van der Waals surface area contributed by atoms with Crippen molar-refractivity contribution in [3.8, 4) is 0 Å². The lowest BCUT2D eigenvalue weighted by molar-refractivity contribution is -0.124. The number of Topliss-reactive ketones (excluding diaryl/α,β-unsaturated/α-hetero) is 2. The van der Waals surface area contributed by atoms with Gasteiger partial charge in [-0.3, -0.25) is 9.59 Å². The molecular weight excluding hydrogens is 224 g/mol. The SMILES string of the molecule is CCCCCC(=O)CCC(=O)Cc1ccccc1. The lowest BCUT2D eigenvalue weighted by Gasteiger charge is -2.01. The van der Waals surface area contributed by atoms with Crippen molar-refractivity contribution in [1.82, 2.24) is 0 Å². The van der Waals surface area contributed by atoms with Crippen LogP contribution < -0.4 is 0 Å². The van der Waals surface area contributed by atoms with Crippen LogP contribution in [0.15, 0.2) is 30.3 Å². The molecule has 0 N–H and O–H groups in total. The Morgan fingerprint density at radius 2 is 1.56 bits per heavy atom. The molecule has 0 saturated carbocycles. The van der Waals surface area contributed by atoms with Crippen molar-refractivity contribution in [1.29, 1.82) is 0 Å². The third-order valence-electron chi connectivity index (χ3n) is 2.99. The number of carbonyl (C=O) groups is 2. The Labute approximate surface area is 109 Å². The minimum absolute atomic E-state index is 0.157. The van der Waals surface area contributed by atoms with Crippen LogP contribution in [-0.2, 0) is 16.0 Å². The summed E-state index contributed by atoms with van der Waals surface area (Å²) in [7, 11) is 0. The second kappa shape index (κ2) is 8.62. The Morgan fingerprint density at radius 3 is 2.22 bits per heavy atom. The smallest absolute Gasteiger partial charge is 0.137 e. The molecule has 1 aromatic carbocycles. The fraction of sp³-hybridized carbons (Fsp3) is 0.500. The molecule has 0 saturated heterocycles. The zero-order chi connectivity index (χ0) is 13.2. The van der Waals surface area contributed by atoms with Crippen LogP contribution in [0.5, 0.6) is 0 Å². The summed E-state index contributed by atoms with van der Waals surface area (Å²) in [6.45, 7) is 2.12. The van der Waals surface area contributed by atoms with Crippen LogP contribution in [0.25, 0.3) is 0 Å². The third-order valence-corrected chi connectivity index (χ3v) is 2.99. The summed E-state index contributed by atoms with van der Waals surface area (Å²) in [5.41, 5.74) is 1.03. The van der Waals surface area contributed by atoms with Gasteiger partial charge in [-0.1, -0.05) is 50.1 Å². The van der Waals surface area contributed by atoms with E-state index < -0.39 is 0 Å². The van der Waals surface area contributed by atoms with Gasteiger partial charge in [0.1, 0.15) is 11.6 Å². The minimum Gasteiger partial charge on any atom is -0.300 e.